The lowest BCUT2D eigenvalue weighted by molar-refractivity contribution is 0.659. The zero-order chi connectivity index (χ0) is 14.7. The van der Waals surface area contributed by atoms with Crippen LogP contribution in [-0.2, 0) is 13.1 Å². The maximum Gasteiger partial charge on any atom is 0.237 e. The largest absolute Gasteiger partial charge is 0.366 e. The fraction of sp³-hybridized carbons (Fsp3) is 0.286. The third-order valence-electron chi connectivity index (χ3n) is 3.17. The molecule has 3 aromatic heterocycles. The summed E-state index contributed by atoms with van der Waals surface area (Å²) in [5, 5.41) is 7.53. The van der Waals surface area contributed by atoms with Gasteiger partial charge in [-0.1, -0.05) is 0 Å². The molecule has 0 saturated carbocycles. The Morgan fingerprint density at radius 2 is 2.14 bits per heavy atom. The van der Waals surface area contributed by atoms with E-state index in [0.29, 0.717) is 12.5 Å². The van der Waals surface area contributed by atoms with Crippen LogP contribution in [0.1, 0.15) is 18.3 Å². The van der Waals surface area contributed by atoms with Crippen molar-refractivity contribution in [1.29, 1.82) is 0 Å². The Labute approximate surface area is 122 Å². The van der Waals surface area contributed by atoms with Crippen LogP contribution in [0.25, 0.3) is 5.95 Å². The Hall–Kier alpha value is -2.70. The molecule has 108 valence electrons. The lowest BCUT2D eigenvalue weighted by Gasteiger charge is -2.07. The second-order valence-corrected chi connectivity index (χ2v) is 4.64. The third-order valence-corrected chi connectivity index (χ3v) is 3.17. The molecule has 0 radical (unpaired) electrons. The lowest BCUT2D eigenvalue weighted by atomic mass is 10.3. The van der Waals surface area contributed by atoms with Gasteiger partial charge in [0.25, 0.3) is 0 Å². The van der Waals surface area contributed by atoms with E-state index in [4.69, 9.17) is 0 Å². The van der Waals surface area contributed by atoms with Crippen molar-refractivity contribution in [3.05, 3.63) is 48.4 Å². The maximum absolute atomic E-state index is 4.49. The van der Waals surface area contributed by atoms with Gasteiger partial charge in [0, 0.05) is 43.4 Å². The van der Waals surface area contributed by atoms with Crippen LogP contribution in [0.15, 0.2) is 37.1 Å². The molecular weight excluding hydrogens is 266 g/mol. The first kappa shape index (κ1) is 13.3. The fourth-order valence-electron chi connectivity index (χ4n) is 2.02. The summed E-state index contributed by atoms with van der Waals surface area (Å²) < 4.78 is 3.75. The van der Waals surface area contributed by atoms with Gasteiger partial charge in [-0.25, -0.2) is 9.97 Å². The third kappa shape index (κ3) is 2.91. The first-order chi connectivity index (χ1) is 10.3. The second kappa shape index (κ2) is 5.74. The summed E-state index contributed by atoms with van der Waals surface area (Å²) in [5.41, 5.74) is 1.12. The molecule has 21 heavy (non-hydrogen) atoms. The minimum Gasteiger partial charge on any atom is -0.366 e. The summed E-state index contributed by atoms with van der Waals surface area (Å²) in [6.07, 6.45) is 9.20. The predicted molar refractivity (Wildman–Crippen MR) is 79.1 cm³/mol. The molecule has 0 atom stereocenters. The van der Waals surface area contributed by atoms with Crippen molar-refractivity contribution >= 4 is 5.82 Å². The van der Waals surface area contributed by atoms with Gasteiger partial charge in [-0.2, -0.15) is 10.1 Å². The van der Waals surface area contributed by atoms with Crippen molar-refractivity contribution in [2.45, 2.75) is 26.9 Å². The van der Waals surface area contributed by atoms with E-state index in [-0.39, 0.29) is 0 Å². The molecule has 0 bridgehead atoms. The molecule has 0 aliphatic carbocycles. The summed E-state index contributed by atoms with van der Waals surface area (Å²) in [6.45, 7) is 5.54. The molecule has 3 rings (SSSR count). The lowest BCUT2D eigenvalue weighted by Crippen LogP contribution is -2.06. The Bertz CT molecular complexity index is 728. The Morgan fingerprint density at radius 3 is 2.86 bits per heavy atom. The summed E-state index contributed by atoms with van der Waals surface area (Å²) in [5.74, 6) is 2.24. The van der Waals surface area contributed by atoms with E-state index >= 15 is 0 Å². The van der Waals surface area contributed by atoms with E-state index in [2.05, 4.69) is 32.3 Å². The molecule has 0 fully saturated rings. The van der Waals surface area contributed by atoms with Crippen LogP contribution in [0.2, 0.25) is 0 Å². The van der Waals surface area contributed by atoms with Gasteiger partial charge in [0.05, 0.1) is 6.20 Å². The van der Waals surface area contributed by atoms with Crippen LogP contribution in [-0.4, -0.2) is 29.3 Å². The maximum atomic E-state index is 4.49. The number of hydrogen-bond donors (Lipinski definition) is 1. The molecular formula is C14H17N7. The van der Waals surface area contributed by atoms with Gasteiger partial charge in [-0.3, -0.25) is 9.25 Å². The molecule has 0 unspecified atom stereocenters. The predicted octanol–water partition coefficient (Wildman–Crippen LogP) is 1.80. The number of imidazole rings is 1. The minimum absolute atomic E-state index is 0.610. The molecule has 0 spiro atoms. The quantitative estimate of drug-likeness (QED) is 0.773. The van der Waals surface area contributed by atoms with Crippen LogP contribution in [0.3, 0.4) is 0 Å². The SMILES string of the molecule is CCn1cc(CNc2ccnc(-n3ccnc3C)n2)cn1. The van der Waals surface area contributed by atoms with Crippen LogP contribution in [0.5, 0.6) is 0 Å². The van der Waals surface area contributed by atoms with Crippen LogP contribution in [0.4, 0.5) is 5.82 Å². The summed E-state index contributed by atoms with van der Waals surface area (Å²) >= 11 is 0. The standard InChI is InChI=1S/C14H17N7/c1-3-20-10-12(9-18-20)8-17-13-4-5-16-14(19-13)21-7-6-15-11(21)2/h4-7,9-10H,3,8H2,1-2H3,(H,16,17,19). The molecule has 1 N–H and O–H groups in total. The number of nitrogens with zero attached hydrogens (tertiary/aromatic N) is 6. The highest BCUT2D eigenvalue weighted by molar-refractivity contribution is 5.36. The number of hydrogen-bond acceptors (Lipinski definition) is 5. The van der Waals surface area contributed by atoms with Crippen molar-refractivity contribution in [2.24, 2.45) is 0 Å². The molecule has 7 heteroatoms. The van der Waals surface area contributed by atoms with E-state index in [1.807, 2.05) is 40.8 Å². The highest BCUT2D eigenvalue weighted by Gasteiger charge is 2.05. The molecule has 3 heterocycles. The molecule has 3 aromatic rings. The van der Waals surface area contributed by atoms with Crippen molar-refractivity contribution in [3.63, 3.8) is 0 Å². The van der Waals surface area contributed by atoms with E-state index in [1.54, 1.807) is 12.4 Å². The van der Waals surface area contributed by atoms with Gasteiger partial charge < -0.3 is 5.32 Å². The first-order valence-corrected chi connectivity index (χ1v) is 6.85. The highest BCUT2D eigenvalue weighted by Crippen LogP contribution is 2.09. The normalized spacial score (nSPS) is 10.8. The van der Waals surface area contributed by atoms with Gasteiger partial charge in [-0.05, 0) is 19.9 Å². The van der Waals surface area contributed by atoms with Crippen LogP contribution < -0.4 is 5.32 Å². The van der Waals surface area contributed by atoms with Gasteiger partial charge in [0.1, 0.15) is 11.6 Å². The monoisotopic (exact) mass is 283 g/mol. The summed E-state index contributed by atoms with van der Waals surface area (Å²) in [7, 11) is 0. The smallest absolute Gasteiger partial charge is 0.237 e. The van der Waals surface area contributed by atoms with E-state index in [1.165, 1.54) is 0 Å². The molecule has 0 amide bonds. The number of aromatic nitrogens is 6. The zero-order valence-corrected chi connectivity index (χ0v) is 12.1. The van der Waals surface area contributed by atoms with E-state index in [9.17, 15) is 0 Å². The summed E-state index contributed by atoms with van der Waals surface area (Å²) in [4.78, 5) is 12.9. The molecule has 0 aliphatic rings. The first-order valence-electron chi connectivity index (χ1n) is 6.85. The number of rotatable bonds is 5. The van der Waals surface area contributed by atoms with Crippen molar-refractivity contribution < 1.29 is 0 Å². The minimum atomic E-state index is 0.610. The van der Waals surface area contributed by atoms with Crippen LogP contribution in [0, 0.1) is 6.92 Å². The Kier molecular flexibility index (Phi) is 3.63. The molecule has 0 aromatic carbocycles. The summed E-state index contributed by atoms with van der Waals surface area (Å²) in [6, 6.07) is 1.85. The Balaban J connectivity index is 1.73. The van der Waals surface area contributed by atoms with Gasteiger partial charge in [0.15, 0.2) is 0 Å². The number of nitrogens with one attached hydrogen (secondary N) is 1. The molecule has 0 aliphatic heterocycles. The van der Waals surface area contributed by atoms with Crippen molar-refractivity contribution in [2.75, 3.05) is 5.32 Å². The van der Waals surface area contributed by atoms with E-state index < -0.39 is 0 Å². The number of aryl methyl sites for hydroxylation is 2. The average molecular weight is 283 g/mol. The zero-order valence-electron chi connectivity index (χ0n) is 12.1. The van der Waals surface area contributed by atoms with Crippen LogP contribution >= 0.6 is 0 Å². The van der Waals surface area contributed by atoms with Gasteiger partial charge in [0.2, 0.25) is 5.95 Å². The topological polar surface area (TPSA) is 73.5 Å². The highest BCUT2D eigenvalue weighted by atomic mass is 15.3. The van der Waals surface area contributed by atoms with Crippen molar-refractivity contribution in [3.8, 4) is 5.95 Å². The number of anilines is 1. The van der Waals surface area contributed by atoms with Gasteiger partial charge >= 0.3 is 0 Å². The average Bonchev–Trinajstić information content (AvgIpc) is 3.14. The molecule has 7 nitrogen and oxygen atoms in total. The molecule has 0 saturated heterocycles. The van der Waals surface area contributed by atoms with E-state index in [0.717, 1.165) is 23.8 Å². The van der Waals surface area contributed by atoms with Crippen molar-refractivity contribution in [1.82, 2.24) is 29.3 Å². The van der Waals surface area contributed by atoms with Gasteiger partial charge in [-0.15, -0.1) is 0 Å². The fourth-order valence-corrected chi connectivity index (χ4v) is 2.02. The second-order valence-electron chi connectivity index (χ2n) is 4.64. The Morgan fingerprint density at radius 1 is 1.24 bits per heavy atom.